The highest BCUT2D eigenvalue weighted by Gasteiger charge is 2.05. The number of rotatable bonds is 7. The molecule has 0 radical (unpaired) electrons. The Labute approximate surface area is 133 Å². The second-order valence-electron chi connectivity index (χ2n) is 4.63. The maximum Gasteiger partial charge on any atom is 0.270 e. The van der Waals surface area contributed by atoms with Gasteiger partial charge in [-0.3, -0.25) is 10.1 Å². The topological polar surface area (TPSA) is 86.0 Å². The molecule has 0 saturated carbocycles. The highest BCUT2D eigenvalue weighted by atomic mass is 16.6. The summed E-state index contributed by atoms with van der Waals surface area (Å²) in [5, 5.41) is 14.8. The van der Waals surface area contributed by atoms with E-state index in [4.69, 9.17) is 9.47 Å². The van der Waals surface area contributed by atoms with Crippen molar-refractivity contribution in [2.75, 3.05) is 14.2 Å². The predicted molar refractivity (Wildman–Crippen MR) is 87.1 cm³/mol. The first-order valence-electron chi connectivity index (χ1n) is 6.85. The standard InChI is InChI=1S/C16H17N3O4/c1-22-15-7-6-13(9-16(15)23-2)11-18-17-10-12-4-3-5-14(8-12)19(20)21/h3-10,18H,11H2,1-2H3/b17-10+. The van der Waals surface area contributed by atoms with Gasteiger partial charge in [-0.25, -0.2) is 0 Å². The van der Waals surface area contributed by atoms with Crippen LogP contribution in [0.15, 0.2) is 47.6 Å². The molecule has 0 aliphatic heterocycles. The number of non-ortho nitro benzene ring substituents is 1. The Morgan fingerprint density at radius 1 is 1.17 bits per heavy atom. The first-order chi connectivity index (χ1) is 11.1. The van der Waals surface area contributed by atoms with E-state index in [1.165, 1.54) is 18.3 Å². The summed E-state index contributed by atoms with van der Waals surface area (Å²) in [5.41, 5.74) is 4.55. The molecule has 0 atom stereocenters. The molecule has 120 valence electrons. The second kappa shape index (κ2) is 7.79. The molecule has 2 aromatic rings. The Morgan fingerprint density at radius 3 is 2.65 bits per heavy atom. The molecule has 0 amide bonds. The molecule has 7 heteroatoms. The minimum absolute atomic E-state index is 0.0360. The molecule has 0 aromatic heterocycles. The fourth-order valence-electron chi connectivity index (χ4n) is 1.97. The highest BCUT2D eigenvalue weighted by Crippen LogP contribution is 2.27. The number of nitro groups is 1. The van der Waals surface area contributed by atoms with E-state index >= 15 is 0 Å². The number of nitrogens with one attached hydrogen (secondary N) is 1. The van der Waals surface area contributed by atoms with Crippen molar-refractivity contribution < 1.29 is 14.4 Å². The van der Waals surface area contributed by atoms with Gasteiger partial charge in [-0.1, -0.05) is 18.2 Å². The van der Waals surface area contributed by atoms with Gasteiger partial charge in [0.2, 0.25) is 0 Å². The quantitative estimate of drug-likeness (QED) is 0.482. The van der Waals surface area contributed by atoms with Gasteiger partial charge in [-0.2, -0.15) is 5.10 Å². The summed E-state index contributed by atoms with van der Waals surface area (Å²) < 4.78 is 10.4. The van der Waals surface area contributed by atoms with Crippen LogP contribution in [0.1, 0.15) is 11.1 Å². The maximum absolute atomic E-state index is 10.7. The Morgan fingerprint density at radius 2 is 1.96 bits per heavy atom. The molecule has 7 nitrogen and oxygen atoms in total. The summed E-state index contributed by atoms with van der Waals surface area (Å²) in [4.78, 5) is 10.3. The van der Waals surface area contributed by atoms with Gasteiger partial charge in [0, 0.05) is 17.7 Å². The van der Waals surface area contributed by atoms with Crippen molar-refractivity contribution in [3.05, 3.63) is 63.7 Å². The van der Waals surface area contributed by atoms with E-state index in [-0.39, 0.29) is 5.69 Å². The Hall–Kier alpha value is -3.09. The average molecular weight is 315 g/mol. The summed E-state index contributed by atoms with van der Waals surface area (Å²) in [6.45, 7) is 0.492. The molecule has 0 heterocycles. The van der Waals surface area contributed by atoms with Crippen LogP contribution in [0.3, 0.4) is 0 Å². The first kappa shape index (κ1) is 16.3. The van der Waals surface area contributed by atoms with E-state index in [9.17, 15) is 10.1 Å². The molecule has 0 aliphatic carbocycles. The number of methoxy groups -OCH3 is 2. The fourth-order valence-corrected chi connectivity index (χ4v) is 1.97. The van der Waals surface area contributed by atoms with Crippen molar-refractivity contribution in [3.8, 4) is 11.5 Å². The summed E-state index contributed by atoms with van der Waals surface area (Å²) in [5.74, 6) is 1.31. The number of hydrogen-bond donors (Lipinski definition) is 1. The summed E-state index contributed by atoms with van der Waals surface area (Å²) in [7, 11) is 3.16. The maximum atomic E-state index is 10.7. The van der Waals surface area contributed by atoms with Crippen molar-refractivity contribution in [3.63, 3.8) is 0 Å². The number of nitro benzene ring substituents is 1. The summed E-state index contributed by atoms with van der Waals surface area (Å²) in [6.07, 6.45) is 1.54. The van der Waals surface area contributed by atoms with Crippen molar-refractivity contribution >= 4 is 11.9 Å². The smallest absolute Gasteiger partial charge is 0.270 e. The number of hydrazone groups is 1. The van der Waals surface area contributed by atoms with Gasteiger partial charge in [-0.05, 0) is 17.7 Å². The van der Waals surface area contributed by atoms with Gasteiger partial charge < -0.3 is 14.9 Å². The Bertz CT molecular complexity index is 716. The summed E-state index contributed by atoms with van der Waals surface area (Å²) >= 11 is 0. The average Bonchev–Trinajstić information content (AvgIpc) is 2.58. The SMILES string of the molecule is COc1ccc(CN/N=C/c2cccc([N+](=O)[O-])c2)cc1OC. The number of ether oxygens (including phenoxy) is 2. The van der Waals surface area contributed by atoms with E-state index < -0.39 is 4.92 Å². The molecular weight excluding hydrogens is 298 g/mol. The lowest BCUT2D eigenvalue weighted by molar-refractivity contribution is -0.384. The zero-order chi connectivity index (χ0) is 16.7. The molecule has 23 heavy (non-hydrogen) atoms. The van der Waals surface area contributed by atoms with Crippen LogP contribution in [-0.4, -0.2) is 25.4 Å². The third-order valence-electron chi connectivity index (χ3n) is 3.12. The van der Waals surface area contributed by atoms with E-state index in [0.717, 1.165) is 5.56 Å². The van der Waals surface area contributed by atoms with Crippen molar-refractivity contribution in [1.82, 2.24) is 5.43 Å². The van der Waals surface area contributed by atoms with Gasteiger partial charge in [0.25, 0.3) is 5.69 Å². The fraction of sp³-hybridized carbons (Fsp3) is 0.188. The molecule has 0 saturated heterocycles. The van der Waals surface area contributed by atoms with E-state index in [2.05, 4.69) is 10.5 Å². The van der Waals surface area contributed by atoms with Crippen LogP contribution in [0.5, 0.6) is 11.5 Å². The third-order valence-corrected chi connectivity index (χ3v) is 3.12. The third kappa shape index (κ3) is 4.44. The normalized spacial score (nSPS) is 10.5. The molecule has 2 rings (SSSR count). The Balaban J connectivity index is 1.97. The Kier molecular flexibility index (Phi) is 5.51. The largest absolute Gasteiger partial charge is 0.493 e. The highest BCUT2D eigenvalue weighted by molar-refractivity contribution is 5.80. The lowest BCUT2D eigenvalue weighted by Gasteiger charge is -2.09. The van der Waals surface area contributed by atoms with Crippen LogP contribution in [0.2, 0.25) is 0 Å². The number of hydrogen-bond acceptors (Lipinski definition) is 6. The van der Waals surface area contributed by atoms with Crippen LogP contribution in [0, 0.1) is 10.1 Å². The molecule has 0 fully saturated rings. The van der Waals surface area contributed by atoms with E-state index in [1.807, 2.05) is 18.2 Å². The van der Waals surface area contributed by atoms with Crippen LogP contribution in [0.25, 0.3) is 0 Å². The first-order valence-corrected chi connectivity index (χ1v) is 6.85. The molecule has 0 spiro atoms. The van der Waals surface area contributed by atoms with Crippen LogP contribution >= 0.6 is 0 Å². The van der Waals surface area contributed by atoms with Crippen molar-refractivity contribution in [1.29, 1.82) is 0 Å². The zero-order valence-corrected chi connectivity index (χ0v) is 12.9. The second-order valence-corrected chi connectivity index (χ2v) is 4.63. The van der Waals surface area contributed by atoms with Crippen molar-refractivity contribution in [2.24, 2.45) is 5.10 Å². The number of nitrogens with zero attached hydrogens (tertiary/aromatic N) is 2. The molecule has 0 bridgehead atoms. The molecular formula is C16H17N3O4. The molecule has 0 aliphatic rings. The van der Waals surface area contributed by atoms with Crippen molar-refractivity contribution in [2.45, 2.75) is 6.54 Å². The minimum Gasteiger partial charge on any atom is -0.493 e. The predicted octanol–water partition coefficient (Wildman–Crippen LogP) is 2.74. The van der Waals surface area contributed by atoms with Crippen LogP contribution < -0.4 is 14.9 Å². The molecule has 0 unspecified atom stereocenters. The monoisotopic (exact) mass is 315 g/mol. The molecule has 2 aromatic carbocycles. The zero-order valence-electron chi connectivity index (χ0n) is 12.9. The number of benzene rings is 2. The van der Waals surface area contributed by atoms with Gasteiger partial charge in [0.1, 0.15) is 0 Å². The van der Waals surface area contributed by atoms with Gasteiger partial charge in [-0.15, -0.1) is 0 Å². The van der Waals surface area contributed by atoms with E-state index in [0.29, 0.717) is 23.6 Å². The lowest BCUT2D eigenvalue weighted by Crippen LogP contribution is -2.06. The summed E-state index contributed by atoms with van der Waals surface area (Å²) in [6, 6.07) is 11.8. The minimum atomic E-state index is -0.436. The van der Waals surface area contributed by atoms with Gasteiger partial charge in [0.05, 0.1) is 31.9 Å². The van der Waals surface area contributed by atoms with E-state index in [1.54, 1.807) is 26.4 Å². The van der Waals surface area contributed by atoms with Gasteiger partial charge >= 0.3 is 0 Å². The van der Waals surface area contributed by atoms with Gasteiger partial charge in [0.15, 0.2) is 11.5 Å². The molecule has 1 N–H and O–H groups in total. The van der Waals surface area contributed by atoms with Crippen LogP contribution in [-0.2, 0) is 6.54 Å². The lowest BCUT2D eigenvalue weighted by atomic mass is 10.2. The van der Waals surface area contributed by atoms with Crippen LogP contribution in [0.4, 0.5) is 5.69 Å².